The van der Waals surface area contributed by atoms with Gasteiger partial charge in [0.2, 0.25) is 0 Å². The fraction of sp³-hybridized carbons (Fsp3) is 0.333. The van der Waals surface area contributed by atoms with Crippen LogP contribution in [0.4, 0.5) is 0 Å². The van der Waals surface area contributed by atoms with Gasteiger partial charge in [0.15, 0.2) is 0 Å². The van der Waals surface area contributed by atoms with Crippen LogP contribution in [0.15, 0.2) is 18.3 Å². The van der Waals surface area contributed by atoms with Crippen molar-refractivity contribution < 1.29 is 0 Å². The Kier molecular flexibility index (Phi) is 2.78. The summed E-state index contributed by atoms with van der Waals surface area (Å²) < 4.78 is 0. The monoisotopic (exact) mass is 161 g/mol. The second-order valence-electron chi connectivity index (χ2n) is 2.60. The SMILES string of the molecule is CC[C@@H](N)c1ccc(C#N)cn1. The summed E-state index contributed by atoms with van der Waals surface area (Å²) in [6, 6.07) is 5.52. The van der Waals surface area contributed by atoms with Crippen molar-refractivity contribution in [3.63, 3.8) is 0 Å². The maximum absolute atomic E-state index is 8.50. The van der Waals surface area contributed by atoms with Gasteiger partial charge in [0, 0.05) is 12.2 Å². The number of aromatic nitrogens is 1. The molecule has 2 N–H and O–H groups in total. The minimum absolute atomic E-state index is 0.0160. The highest BCUT2D eigenvalue weighted by Crippen LogP contribution is 2.10. The number of nitrogens with zero attached hydrogens (tertiary/aromatic N) is 2. The van der Waals surface area contributed by atoms with Crippen LogP contribution >= 0.6 is 0 Å². The number of pyridine rings is 1. The van der Waals surface area contributed by atoms with Gasteiger partial charge in [0.05, 0.1) is 11.3 Å². The van der Waals surface area contributed by atoms with Crippen LogP contribution in [-0.2, 0) is 0 Å². The Morgan fingerprint density at radius 2 is 2.42 bits per heavy atom. The summed E-state index contributed by atoms with van der Waals surface area (Å²) in [6.07, 6.45) is 2.41. The van der Waals surface area contributed by atoms with Gasteiger partial charge in [0.1, 0.15) is 6.07 Å². The largest absolute Gasteiger partial charge is 0.323 e. The molecule has 0 aromatic carbocycles. The van der Waals surface area contributed by atoms with E-state index in [1.807, 2.05) is 13.0 Å². The number of nitriles is 1. The van der Waals surface area contributed by atoms with Crippen LogP contribution < -0.4 is 5.73 Å². The van der Waals surface area contributed by atoms with E-state index in [1.165, 1.54) is 0 Å². The first-order valence-electron chi connectivity index (χ1n) is 3.89. The van der Waals surface area contributed by atoms with Gasteiger partial charge in [-0.15, -0.1) is 0 Å². The van der Waals surface area contributed by atoms with E-state index in [9.17, 15) is 0 Å². The minimum atomic E-state index is -0.0160. The zero-order valence-corrected chi connectivity index (χ0v) is 6.99. The lowest BCUT2D eigenvalue weighted by Gasteiger charge is -2.06. The topological polar surface area (TPSA) is 62.7 Å². The van der Waals surface area contributed by atoms with Crippen LogP contribution in [0.2, 0.25) is 0 Å². The average molecular weight is 161 g/mol. The molecular weight excluding hydrogens is 150 g/mol. The molecule has 1 rings (SSSR count). The molecule has 0 aliphatic carbocycles. The molecular formula is C9H11N3. The maximum atomic E-state index is 8.50. The molecule has 0 bridgehead atoms. The molecule has 0 saturated carbocycles. The third-order valence-corrected chi connectivity index (χ3v) is 1.74. The van der Waals surface area contributed by atoms with E-state index in [1.54, 1.807) is 18.3 Å². The zero-order valence-electron chi connectivity index (χ0n) is 6.99. The molecule has 3 nitrogen and oxygen atoms in total. The summed E-state index contributed by atoms with van der Waals surface area (Å²) in [5, 5.41) is 8.50. The van der Waals surface area contributed by atoms with Crippen LogP contribution in [0.1, 0.15) is 30.6 Å². The van der Waals surface area contributed by atoms with E-state index in [4.69, 9.17) is 11.0 Å². The number of rotatable bonds is 2. The molecule has 0 amide bonds. The highest BCUT2D eigenvalue weighted by atomic mass is 14.8. The van der Waals surface area contributed by atoms with Gasteiger partial charge in [-0.2, -0.15) is 5.26 Å². The molecule has 12 heavy (non-hydrogen) atoms. The minimum Gasteiger partial charge on any atom is -0.323 e. The predicted octanol–water partition coefficient (Wildman–Crippen LogP) is 1.36. The third kappa shape index (κ3) is 1.80. The van der Waals surface area contributed by atoms with Crippen LogP contribution in [0.3, 0.4) is 0 Å². The Morgan fingerprint density at radius 1 is 1.67 bits per heavy atom. The molecule has 0 saturated heterocycles. The van der Waals surface area contributed by atoms with Crippen molar-refractivity contribution in [2.75, 3.05) is 0 Å². The van der Waals surface area contributed by atoms with Crippen molar-refractivity contribution in [3.8, 4) is 6.07 Å². The second-order valence-corrected chi connectivity index (χ2v) is 2.60. The van der Waals surface area contributed by atoms with Gasteiger partial charge >= 0.3 is 0 Å². The number of hydrogen-bond donors (Lipinski definition) is 1. The van der Waals surface area contributed by atoms with Crippen molar-refractivity contribution in [3.05, 3.63) is 29.6 Å². The third-order valence-electron chi connectivity index (χ3n) is 1.74. The lowest BCUT2D eigenvalue weighted by molar-refractivity contribution is 0.675. The van der Waals surface area contributed by atoms with Gasteiger partial charge in [0.25, 0.3) is 0 Å². The molecule has 1 heterocycles. The molecule has 0 radical (unpaired) electrons. The Hall–Kier alpha value is -1.40. The number of nitrogens with two attached hydrogens (primary N) is 1. The lowest BCUT2D eigenvalue weighted by atomic mass is 10.1. The van der Waals surface area contributed by atoms with Crippen molar-refractivity contribution >= 4 is 0 Å². The summed E-state index contributed by atoms with van der Waals surface area (Å²) in [5.74, 6) is 0. The van der Waals surface area contributed by atoms with E-state index in [2.05, 4.69) is 4.98 Å². The Labute approximate surface area is 71.8 Å². The van der Waals surface area contributed by atoms with Crippen molar-refractivity contribution in [1.29, 1.82) is 5.26 Å². The Morgan fingerprint density at radius 3 is 2.83 bits per heavy atom. The highest BCUT2D eigenvalue weighted by Gasteiger charge is 2.03. The molecule has 1 aromatic heterocycles. The zero-order chi connectivity index (χ0) is 8.97. The van der Waals surface area contributed by atoms with E-state index < -0.39 is 0 Å². The summed E-state index contributed by atoms with van der Waals surface area (Å²) in [7, 11) is 0. The molecule has 0 aliphatic rings. The van der Waals surface area contributed by atoms with Crippen LogP contribution in [0.5, 0.6) is 0 Å². The quantitative estimate of drug-likeness (QED) is 0.712. The van der Waals surface area contributed by atoms with E-state index in [-0.39, 0.29) is 6.04 Å². The van der Waals surface area contributed by atoms with Crippen molar-refractivity contribution in [2.45, 2.75) is 19.4 Å². The first-order valence-corrected chi connectivity index (χ1v) is 3.89. The molecule has 0 aliphatic heterocycles. The Bertz CT molecular complexity index is 284. The van der Waals surface area contributed by atoms with E-state index >= 15 is 0 Å². The smallest absolute Gasteiger partial charge is 0.101 e. The fourth-order valence-corrected chi connectivity index (χ4v) is 0.900. The summed E-state index contributed by atoms with van der Waals surface area (Å²) in [6.45, 7) is 2.00. The normalized spacial score (nSPS) is 12.1. The predicted molar refractivity (Wildman–Crippen MR) is 46.2 cm³/mol. The summed E-state index contributed by atoms with van der Waals surface area (Å²) >= 11 is 0. The number of hydrogen-bond acceptors (Lipinski definition) is 3. The van der Waals surface area contributed by atoms with E-state index in [0.29, 0.717) is 5.56 Å². The van der Waals surface area contributed by atoms with Crippen molar-refractivity contribution in [1.82, 2.24) is 4.98 Å². The van der Waals surface area contributed by atoms with Gasteiger partial charge in [-0.25, -0.2) is 0 Å². The van der Waals surface area contributed by atoms with Crippen molar-refractivity contribution in [2.24, 2.45) is 5.73 Å². The van der Waals surface area contributed by atoms with Gasteiger partial charge in [-0.3, -0.25) is 4.98 Å². The van der Waals surface area contributed by atoms with Gasteiger partial charge < -0.3 is 5.73 Å². The van der Waals surface area contributed by atoms with E-state index in [0.717, 1.165) is 12.1 Å². The molecule has 1 atom stereocenters. The molecule has 62 valence electrons. The molecule has 0 fully saturated rings. The summed E-state index contributed by atoms with van der Waals surface area (Å²) in [5.41, 5.74) is 7.16. The molecule has 0 spiro atoms. The second kappa shape index (κ2) is 3.84. The maximum Gasteiger partial charge on any atom is 0.101 e. The Balaban J connectivity index is 2.86. The molecule has 1 aromatic rings. The van der Waals surface area contributed by atoms with Crippen LogP contribution in [-0.4, -0.2) is 4.98 Å². The fourth-order valence-electron chi connectivity index (χ4n) is 0.900. The first kappa shape index (κ1) is 8.69. The standard InChI is InChI=1S/C9H11N3/c1-2-8(11)9-4-3-7(5-10)6-12-9/h3-4,6,8H,2,11H2,1H3/t8-/m1/s1. The molecule has 3 heteroatoms. The summed E-state index contributed by atoms with van der Waals surface area (Å²) in [4.78, 5) is 4.07. The van der Waals surface area contributed by atoms with Crippen LogP contribution in [0, 0.1) is 11.3 Å². The highest BCUT2D eigenvalue weighted by molar-refractivity contribution is 5.27. The molecule has 0 unspecified atom stereocenters. The first-order chi connectivity index (χ1) is 5.77. The lowest BCUT2D eigenvalue weighted by Crippen LogP contribution is -2.10. The van der Waals surface area contributed by atoms with Gasteiger partial charge in [-0.1, -0.05) is 6.92 Å². The average Bonchev–Trinajstić information content (AvgIpc) is 2.17. The van der Waals surface area contributed by atoms with Crippen LogP contribution in [0.25, 0.3) is 0 Å². The van der Waals surface area contributed by atoms with Gasteiger partial charge in [-0.05, 0) is 18.6 Å².